The van der Waals surface area contributed by atoms with Crippen molar-refractivity contribution < 1.29 is 13.2 Å². The maximum Gasteiger partial charge on any atom is 0.239 e. The summed E-state index contributed by atoms with van der Waals surface area (Å²) < 4.78 is 24.7. The first-order valence-electron chi connectivity index (χ1n) is 5.37. The monoisotopic (exact) mass is 260 g/mol. The summed E-state index contributed by atoms with van der Waals surface area (Å²) in [5.41, 5.74) is 0. The third-order valence-corrected chi connectivity index (χ3v) is 4.10. The van der Waals surface area contributed by atoms with Crippen molar-refractivity contribution in [2.24, 2.45) is 0 Å². The number of nitrogens with zero attached hydrogens (tertiary/aromatic N) is 2. The molecule has 96 valence electrons. The average molecular weight is 260 g/mol. The van der Waals surface area contributed by atoms with Crippen molar-refractivity contribution in [3.63, 3.8) is 0 Å². The van der Waals surface area contributed by atoms with Crippen molar-refractivity contribution in [1.82, 2.24) is 14.9 Å². The van der Waals surface area contributed by atoms with Crippen LogP contribution in [0.15, 0.2) is 0 Å². The van der Waals surface area contributed by atoms with E-state index in [1.807, 2.05) is 0 Å². The highest BCUT2D eigenvalue weighted by atomic mass is 32.2. The summed E-state index contributed by atoms with van der Waals surface area (Å²) in [7, 11) is -3.67. The molecule has 0 saturated carbocycles. The van der Waals surface area contributed by atoms with E-state index in [0.717, 1.165) is 4.31 Å². The number of nitriles is 1. The van der Waals surface area contributed by atoms with Crippen LogP contribution in [0.5, 0.6) is 0 Å². The van der Waals surface area contributed by atoms with Crippen molar-refractivity contribution in [1.29, 1.82) is 5.26 Å². The van der Waals surface area contributed by atoms with Gasteiger partial charge < -0.3 is 10.6 Å². The van der Waals surface area contributed by atoms with Crippen LogP contribution in [0.3, 0.4) is 0 Å². The van der Waals surface area contributed by atoms with E-state index in [0.29, 0.717) is 13.1 Å². The Morgan fingerprint density at radius 1 is 1.65 bits per heavy atom. The molecule has 0 aromatic rings. The first kappa shape index (κ1) is 13.9. The second-order valence-corrected chi connectivity index (χ2v) is 5.56. The molecule has 0 radical (unpaired) electrons. The van der Waals surface area contributed by atoms with Gasteiger partial charge in [0.25, 0.3) is 0 Å². The lowest BCUT2D eigenvalue weighted by Gasteiger charge is -2.33. The van der Waals surface area contributed by atoms with Gasteiger partial charge in [0.1, 0.15) is 6.04 Å². The number of nitrogens with one attached hydrogen (secondary N) is 2. The number of likely N-dealkylation sites (N-methyl/N-ethyl adjacent to an activating group) is 1. The molecule has 1 heterocycles. The van der Waals surface area contributed by atoms with Crippen LogP contribution in [-0.2, 0) is 14.8 Å². The average Bonchev–Trinajstić information content (AvgIpc) is 2.29. The van der Waals surface area contributed by atoms with E-state index in [9.17, 15) is 13.2 Å². The minimum atomic E-state index is -3.67. The van der Waals surface area contributed by atoms with E-state index >= 15 is 0 Å². The molecular formula is C9H16N4O3S. The topological polar surface area (TPSA) is 102 Å². The molecule has 1 atom stereocenters. The van der Waals surface area contributed by atoms with Gasteiger partial charge in [-0.15, -0.1) is 0 Å². The predicted molar refractivity (Wildman–Crippen MR) is 61.4 cm³/mol. The molecule has 0 aromatic carbocycles. The third kappa shape index (κ3) is 3.39. The Labute approximate surface area is 101 Å². The smallest absolute Gasteiger partial charge is 0.239 e. The fourth-order valence-electron chi connectivity index (χ4n) is 1.70. The van der Waals surface area contributed by atoms with Gasteiger partial charge in [-0.2, -0.15) is 9.57 Å². The van der Waals surface area contributed by atoms with Gasteiger partial charge in [0.2, 0.25) is 15.9 Å². The molecule has 1 amide bonds. The molecule has 0 bridgehead atoms. The van der Waals surface area contributed by atoms with Crippen molar-refractivity contribution >= 4 is 15.9 Å². The van der Waals surface area contributed by atoms with Gasteiger partial charge in [0.15, 0.2) is 5.75 Å². The van der Waals surface area contributed by atoms with Crippen molar-refractivity contribution in [2.75, 3.05) is 31.9 Å². The lowest BCUT2D eigenvalue weighted by atomic mass is 10.2. The molecule has 0 aromatic heterocycles. The summed E-state index contributed by atoms with van der Waals surface area (Å²) in [6.45, 7) is 3.19. The lowest BCUT2D eigenvalue weighted by molar-refractivity contribution is -0.125. The number of carbonyl (C=O) groups excluding carboxylic acids is 1. The SMILES string of the molecule is CCNC(=O)C1CNCCN1S(=O)(=O)CC#N. The van der Waals surface area contributed by atoms with Crippen molar-refractivity contribution in [2.45, 2.75) is 13.0 Å². The van der Waals surface area contributed by atoms with Crippen LogP contribution in [-0.4, -0.2) is 56.6 Å². The number of hydrogen-bond donors (Lipinski definition) is 2. The quantitative estimate of drug-likeness (QED) is 0.624. The minimum Gasteiger partial charge on any atom is -0.355 e. The summed E-state index contributed by atoms with van der Waals surface area (Å²) >= 11 is 0. The molecule has 1 fully saturated rings. The molecule has 0 aliphatic carbocycles. The molecule has 1 saturated heterocycles. The van der Waals surface area contributed by atoms with Crippen LogP contribution in [0.2, 0.25) is 0 Å². The first-order chi connectivity index (χ1) is 8.03. The Bertz CT molecular complexity index is 414. The van der Waals surface area contributed by atoms with Gasteiger partial charge in [0.05, 0.1) is 6.07 Å². The Morgan fingerprint density at radius 2 is 2.35 bits per heavy atom. The van der Waals surface area contributed by atoms with Gasteiger partial charge in [-0.05, 0) is 6.92 Å². The van der Waals surface area contributed by atoms with Crippen LogP contribution in [0, 0.1) is 11.3 Å². The molecule has 1 unspecified atom stereocenters. The minimum absolute atomic E-state index is 0.214. The number of hydrogen-bond acceptors (Lipinski definition) is 5. The van der Waals surface area contributed by atoms with Gasteiger partial charge in [-0.3, -0.25) is 4.79 Å². The van der Waals surface area contributed by atoms with E-state index in [-0.39, 0.29) is 19.0 Å². The maximum atomic E-state index is 11.8. The number of rotatable bonds is 4. The van der Waals surface area contributed by atoms with E-state index in [2.05, 4.69) is 10.6 Å². The summed E-state index contributed by atoms with van der Waals surface area (Å²) in [6, 6.07) is 0.853. The maximum absolute atomic E-state index is 11.8. The largest absolute Gasteiger partial charge is 0.355 e. The van der Waals surface area contributed by atoms with Crippen LogP contribution in [0.4, 0.5) is 0 Å². The molecule has 1 rings (SSSR count). The van der Waals surface area contributed by atoms with Crippen LogP contribution < -0.4 is 10.6 Å². The Kier molecular flexibility index (Phi) is 4.86. The van der Waals surface area contributed by atoms with Gasteiger partial charge in [0, 0.05) is 26.2 Å². The molecular weight excluding hydrogens is 244 g/mol. The Hall–Kier alpha value is -1.17. The molecule has 8 heteroatoms. The third-order valence-electron chi connectivity index (χ3n) is 2.45. The van der Waals surface area contributed by atoms with Crippen molar-refractivity contribution in [3.8, 4) is 6.07 Å². The number of sulfonamides is 1. The molecule has 2 N–H and O–H groups in total. The van der Waals surface area contributed by atoms with Crippen molar-refractivity contribution in [3.05, 3.63) is 0 Å². The van der Waals surface area contributed by atoms with Crippen LogP contribution >= 0.6 is 0 Å². The fraction of sp³-hybridized carbons (Fsp3) is 0.778. The summed E-state index contributed by atoms with van der Waals surface area (Å²) in [4.78, 5) is 11.7. The van der Waals surface area contributed by atoms with E-state index in [1.54, 1.807) is 13.0 Å². The summed E-state index contributed by atoms with van der Waals surface area (Å²) in [6.07, 6.45) is 0. The van der Waals surface area contributed by atoms with E-state index < -0.39 is 21.8 Å². The first-order valence-corrected chi connectivity index (χ1v) is 6.98. The van der Waals surface area contributed by atoms with Gasteiger partial charge in [-0.1, -0.05) is 0 Å². The zero-order valence-electron chi connectivity index (χ0n) is 9.64. The summed E-state index contributed by atoms with van der Waals surface area (Å²) in [5.74, 6) is -0.927. The second-order valence-electron chi connectivity index (χ2n) is 3.64. The number of carbonyl (C=O) groups is 1. The van der Waals surface area contributed by atoms with Gasteiger partial charge in [-0.25, -0.2) is 8.42 Å². The second kappa shape index (κ2) is 5.95. The molecule has 7 nitrogen and oxygen atoms in total. The zero-order chi connectivity index (χ0) is 12.9. The number of piperazine rings is 1. The standard InChI is InChI=1S/C9H16N4O3S/c1-2-12-9(14)8-7-11-4-5-13(8)17(15,16)6-3-10/h8,11H,2,4-7H2,1H3,(H,12,14). The lowest BCUT2D eigenvalue weighted by Crippen LogP contribution is -2.59. The van der Waals surface area contributed by atoms with E-state index in [4.69, 9.17) is 5.26 Å². The normalized spacial score (nSPS) is 21.8. The van der Waals surface area contributed by atoms with E-state index in [1.165, 1.54) is 0 Å². The predicted octanol–water partition coefficient (Wildman–Crippen LogP) is -1.75. The molecule has 0 spiro atoms. The zero-order valence-corrected chi connectivity index (χ0v) is 10.5. The molecule has 1 aliphatic rings. The highest BCUT2D eigenvalue weighted by molar-refractivity contribution is 7.89. The molecule has 17 heavy (non-hydrogen) atoms. The molecule has 1 aliphatic heterocycles. The summed E-state index contributed by atoms with van der Waals surface area (Å²) in [5, 5.41) is 14.0. The highest BCUT2D eigenvalue weighted by Crippen LogP contribution is 2.10. The highest BCUT2D eigenvalue weighted by Gasteiger charge is 2.36. The number of amides is 1. The van der Waals surface area contributed by atoms with Crippen LogP contribution in [0.25, 0.3) is 0 Å². The van der Waals surface area contributed by atoms with Gasteiger partial charge >= 0.3 is 0 Å². The Balaban J connectivity index is 2.87. The fourth-order valence-corrected chi connectivity index (χ4v) is 2.96. The van der Waals surface area contributed by atoms with Crippen LogP contribution in [0.1, 0.15) is 6.92 Å². The Morgan fingerprint density at radius 3 is 2.94 bits per heavy atom.